The number of halogens is 3. The third-order valence-corrected chi connectivity index (χ3v) is 2.48. The highest BCUT2D eigenvalue weighted by Gasteiger charge is 2.31. The highest BCUT2D eigenvalue weighted by molar-refractivity contribution is 5.83. The third kappa shape index (κ3) is 1.87. The maximum absolute atomic E-state index is 12.5. The molecule has 0 spiro atoms. The van der Waals surface area contributed by atoms with Gasteiger partial charge in [0.2, 0.25) is 0 Å². The number of hydrogen-bond donors (Lipinski definition) is 0. The lowest BCUT2D eigenvalue weighted by molar-refractivity contribution is -0.137. The Morgan fingerprint density at radius 1 is 1.06 bits per heavy atom. The molecule has 2 aromatic rings. The minimum Gasteiger partial charge on any atom is -0.256 e. The molecule has 1 aromatic carbocycles. The van der Waals surface area contributed by atoms with Crippen LogP contribution in [0.2, 0.25) is 0 Å². The fourth-order valence-electron chi connectivity index (χ4n) is 1.74. The molecule has 0 bridgehead atoms. The van der Waals surface area contributed by atoms with Gasteiger partial charge in [0, 0.05) is 11.6 Å². The van der Waals surface area contributed by atoms with E-state index in [0.717, 1.165) is 23.4 Å². The van der Waals surface area contributed by atoms with Crippen molar-refractivity contribution in [2.75, 3.05) is 0 Å². The van der Waals surface area contributed by atoms with Gasteiger partial charge in [0.1, 0.15) is 0 Å². The molecule has 84 valence electrons. The van der Waals surface area contributed by atoms with Crippen molar-refractivity contribution in [3.63, 3.8) is 0 Å². The minimum absolute atomic E-state index is 0.556. The molecule has 0 saturated carbocycles. The van der Waals surface area contributed by atoms with Crippen LogP contribution in [0.25, 0.3) is 10.9 Å². The molecule has 4 heteroatoms. The highest BCUT2D eigenvalue weighted by atomic mass is 19.4. The zero-order valence-electron chi connectivity index (χ0n) is 8.89. The molecule has 0 aliphatic rings. The molecule has 0 fully saturated rings. The number of aromatic nitrogens is 1. The second-order valence-corrected chi connectivity index (χ2v) is 3.87. The summed E-state index contributed by atoms with van der Waals surface area (Å²) in [6.07, 6.45) is -3.46. The smallest absolute Gasteiger partial charge is 0.256 e. The first-order chi connectivity index (χ1) is 7.38. The summed E-state index contributed by atoms with van der Waals surface area (Å²) in [7, 11) is 0. The summed E-state index contributed by atoms with van der Waals surface area (Å²) in [5.74, 6) is 0. The topological polar surface area (TPSA) is 12.9 Å². The van der Waals surface area contributed by atoms with Crippen molar-refractivity contribution in [2.45, 2.75) is 20.0 Å². The van der Waals surface area contributed by atoms with Gasteiger partial charge in [-0.15, -0.1) is 0 Å². The number of benzene rings is 1. The van der Waals surface area contributed by atoms with Crippen LogP contribution in [0.3, 0.4) is 0 Å². The number of pyridine rings is 1. The molecule has 0 unspecified atom stereocenters. The molecule has 0 aliphatic heterocycles. The van der Waals surface area contributed by atoms with Crippen LogP contribution < -0.4 is 0 Å². The molecule has 1 nitrogen and oxygen atoms in total. The van der Waals surface area contributed by atoms with E-state index in [2.05, 4.69) is 4.98 Å². The summed E-state index contributed by atoms with van der Waals surface area (Å²) in [5.41, 5.74) is 1.71. The van der Waals surface area contributed by atoms with Crippen molar-refractivity contribution in [3.8, 4) is 0 Å². The van der Waals surface area contributed by atoms with Crippen LogP contribution in [0, 0.1) is 13.8 Å². The Morgan fingerprint density at radius 2 is 1.75 bits per heavy atom. The molecule has 0 N–H and O–H groups in total. The molecule has 1 aromatic heterocycles. The van der Waals surface area contributed by atoms with Gasteiger partial charge < -0.3 is 0 Å². The number of rotatable bonds is 0. The SMILES string of the molecule is Cc1cc(C)c2cc(C(F)(F)F)cnc2c1. The van der Waals surface area contributed by atoms with Crippen LogP contribution in [0.4, 0.5) is 13.2 Å². The quantitative estimate of drug-likeness (QED) is 0.663. The number of alkyl halides is 3. The zero-order valence-corrected chi connectivity index (χ0v) is 8.89. The van der Waals surface area contributed by atoms with Crippen molar-refractivity contribution in [3.05, 3.63) is 41.1 Å². The Labute approximate surface area is 90.9 Å². The van der Waals surface area contributed by atoms with Gasteiger partial charge in [-0.3, -0.25) is 4.98 Å². The largest absolute Gasteiger partial charge is 0.417 e. The Hall–Kier alpha value is -1.58. The van der Waals surface area contributed by atoms with Gasteiger partial charge >= 0.3 is 6.18 Å². The second kappa shape index (κ2) is 3.47. The number of fused-ring (bicyclic) bond motifs is 1. The van der Waals surface area contributed by atoms with Gasteiger partial charge in [-0.05, 0) is 37.1 Å². The summed E-state index contributed by atoms with van der Waals surface area (Å²) in [6.45, 7) is 3.68. The number of hydrogen-bond acceptors (Lipinski definition) is 1. The van der Waals surface area contributed by atoms with Gasteiger partial charge in [-0.1, -0.05) is 6.07 Å². The van der Waals surface area contributed by atoms with E-state index in [1.807, 2.05) is 13.0 Å². The Morgan fingerprint density at radius 3 is 2.38 bits per heavy atom. The summed E-state index contributed by atoms with van der Waals surface area (Å²) in [4.78, 5) is 3.85. The zero-order chi connectivity index (χ0) is 11.9. The van der Waals surface area contributed by atoms with E-state index in [4.69, 9.17) is 0 Å². The molecule has 2 rings (SSSR count). The maximum atomic E-state index is 12.5. The second-order valence-electron chi connectivity index (χ2n) is 3.87. The monoisotopic (exact) mass is 225 g/mol. The highest BCUT2D eigenvalue weighted by Crippen LogP contribution is 2.31. The lowest BCUT2D eigenvalue weighted by Crippen LogP contribution is -2.05. The van der Waals surface area contributed by atoms with E-state index in [-0.39, 0.29) is 0 Å². The Kier molecular flexibility index (Phi) is 2.37. The first-order valence-corrected chi connectivity index (χ1v) is 4.82. The van der Waals surface area contributed by atoms with Crippen LogP contribution in [0.5, 0.6) is 0 Å². The lowest BCUT2D eigenvalue weighted by Gasteiger charge is -2.09. The molecule has 1 heterocycles. The van der Waals surface area contributed by atoms with Crippen LogP contribution in [0.1, 0.15) is 16.7 Å². The summed E-state index contributed by atoms with van der Waals surface area (Å²) in [6, 6.07) is 4.78. The summed E-state index contributed by atoms with van der Waals surface area (Å²) < 4.78 is 37.5. The van der Waals surface area contributed by atoms with Gasteiger partial charge in [0.15, 0.2) is 0 Å². The van der Waals surface area contributed by atoms with Crippen molar-refractivity contribution in [1.82, 2.24) is 4.98 Å². The van der Waals surface area contributed by atoms with Gasteiger partial charge in [-0.2, -0.15) is 13.2 Å². The van der Waals surface area contributed by atoms with E-state index in [1.165, 1.54) is 0 Å². The molecule has 0 aliphatic carbocycles. The van der Waals surface area contributed by atoms with Crippen LogP contribution in [-0.2, 0) is 6.18 Å². The van der Waals surface area contributed by atoms with Crippen LogP contribution >= 0.6 is 0 Å². The first-order valence-electron chi connectivity index (χ1n) is 4.82. The maximum Gasteiger partial charge on any atom is 0.417 e. The van der Waals surface area contributed by atoms with E-state index < -0.39 is 11.7 Å². The fraction of sp³-hybridized carbons (Fsp3) is 0.250. The molecular weight excluding hydrogens is 215 g/mol. The number of aryl methyl sites for hydroxylation is 2. The first kappa shape index (κ1) is 10.9. The molecule has 0 radical (unpaired) electrons. The molecule has 16 heavy (non-hydrogen) atoms. The molecule has 0 saturated heterocycles. The lowest BCUT2D eigenvalue weighted by atomic mass is 10.0. The van der Waals surface area contributed by atoms with E-state index >= 15 is 0 Å². The predicted octanol–water partition coefficient (Wildman–Crippen LogP) is 3.87. The Balaban J connectivity index is 2.72. The van der Waals surface area contributed by atoms with E-state index in [9.17, 15) is 13.2 Å². The van der Waals surface area contributed by atoms with E-state index in [1.54, 1.807) is 13.0 Å². The third-order valence-electron chi connectivity index (χ3n) is 2.48. The van der Waals surface area contributed by atoms with Gasteiger partial charge in [-0.25, -0.2) is 0 Å². The van der Waals surface area contributed by atoms with Gasteiger partial charge in [0.05, 0.1) is 11.1 Å². The Bertz CT molecular complexity index is 544. The minimum atomic E-state index is -4.33. The molecular formula is C12H10F3N. The average molecular weight is 225 g/mol. The van der Waals surface area contributed by atoms with Crippen LogP contribution in [0.15, 0.2) is 24.4 Å². The van der Waals surface area contributed by atoms with Crippen molar-refractivity contribution >= 4 is 10.9 Å². The summed E-state index contributed by atoms with van der Waals surface area (Å²) >= 11 is 0. The van der Waals surface area contributed by atoms with Crippen molar-refractivity contribution < 1.29 is 13.2 Å². The standard InChI is InChI=1S/C12H10F3N/c1-7-3-8(2)10-5-9(12(13,14)15)6-16-11(10)4-7/h3-6H,1-2H3. The van der Waals surface area contributed by atoms with E-state index in [0.29, 0.717) is 10.9 Å². The normalized spacial score (nSPS) is 12.1. The van der Waals surface area contributed by atoms with Crippen molar-refractivity contribution in [1.29, 1.82) is 0 Å². The van der Waals surface area contributed by atoms with Crippen molar-refractivity contribution in [2.24, 2.45) is 0 Å². The average Bonchev–Trinajstić information content (AvgIpc) is 2.15. The van der Waals surface area contributed by atoms with Crippen LogP contribution in [-0.4, -0.2) is 4.98 Å². The fourth-order valence-corrected chi connectivity index (χ4v) is 1.74. The summed E-state index contributed by atoms with van der Waals surface area (Å²) in [5, 5.41) is 0.556. The van der Waals surface area contributed by atoms with Gasteiger partial charge in [0.25, 0.3) is 0 Å². The molecule has 0 atom stereocenters. The molecule has 0 amide bonds. The number of nitrogens with zero attached hydrogens (tertiary/aromatic N) is 1. The predicted molar refractivity (Wildman–Crippen MR) is 56.2 cm³/mol.